The number of hydrogen-bond donors (Lipinski definition) is 4. The third kappa shape index (κ3) is 5.85. The van der Waals surface area contributed by atoms with Crippen molar-refractivity contribution in [1.29, 1.82) is 0 Å². The molecule has 39 heavy (non-hydrogen) atoms. The molecule has 0 unspecified atom stereocenters. The number of primary amides is 1. The van der Waals surface area contributed by atoms with Gasteiger partial charge in [-0.05, 0) is 53.3 Å². The summed E-state index contributed by atoms with van der Waals surface area (Å²) in [7, 11) is 1.67. The lowest BCUT2D eigenvalue weighted by Gasteiger charge is -2.20. The lowest BCUT2D eigenvalue weighted by atomic mass is 9.86. The minimum absolute atomic E-state index is 0.0777. The first-order chi connectivity index (χ1) is 18.3. The van der Waals surface area contributed by atoms with Gasteiger partial charge in [-0.2, -0.15) is 0 Å². The number of amides is 1. The minimum atomic E-state index is -0.622. The van der Waals surface area contributed by atoms with Gasteiger partial charge in [-0.3, -0.25) is 9.59 Å². The SMILES string of the molecule is C=C(Nc1cccc(-c2cn(C)c(=O)c(Nc3ccc(C(N)=O)c(N)c3)n2)c1C)c1ccc(C(C)(C)C)cc1. The van der Waals surface area contributed by atoms with E-state index in [2.05, 4.69) is 67.2 Å². The lowest BCUT2D eigenvalue weighted by molar-refractivity contribution is 0.100. The molecule has 0 saturated heterocycles. The third-order valence-corrected chi connectivity index (χ3v) is 6.65. The fourth-order valence-electron chi connectivity index (χ4n) is 4.27. The van der Waals surface area contributed by atoms with E-state index < -0.39 is 5.91 Å². The number of anilines is 4. The minimum Gasteiger partial charge on any atom is -0.398 e. The Morgan fingerprint density at radius 3 is 2.36 bits per heavy atom. The molecule has 0 radical (unpaired) electrons. The van der Waals surface area contributed by atoms with Gasteiger partial charge in [0.25, 0.3) is 11.5 Å². The Balaban J connectivity index is 1.63. The van der Waals surface area contributed by atoms with Crippen LogP contribution in [-0.2, 0) is 12.5 Å². The molecule has 0 aliphatic carbocycles. The van der Waals surface area contributed by atoms with Crippen LogP contribution in [0.1, 0.15) is 47.8 Å². The van der Waals surface area contributed by atoms with Gasteiger partial charge in [0.05, 0.1) is 11.3 Å². The van der Waals surface area contributed by atoms with Crippen molar-refractivity contribution in [3.63, 3.8) is 0 Å². The quantitative estimate of drug-likeness (QED) is 0.235. The van der Waals surface area contributed by atoms with Crippen LogP contribution in [0.25, 0.3) is 17.0 Å². The summed E-state index contributed by atoms with van der Waals surface area (Å²) in [6, 6.07) is 19.0. The fraction of sp³-hybridized carbons (Fsp3) is 0.194. The van der Waals surface area contributed by atoms with Gasteiger partial charge in [-0.1, -0.05) is 63.7 Å². The number of nitrogens with two attached hydrogens (primary N) is 2. The van der Waals surface area contributed by atoms with Crippen LogP contribution >= 0.6 is 0 Å². The zero-order valence-corrected chi connectivity index (χ0v) is 22.9. The smallest absolute Gasteiger partial charge is 0.293 e. The molecule has 4 aromatic rings. The van der Waals surface area contributed by atoms with E-state index in [-0.39, 0.29) is 28.0 Å². The van der Waals surface area contributed by atoms with Crippen molar-refractivity contribution in [2.24, 2.45) is 12.8 Å². The first kappa shape index (κ1) is 27.2. The fourth-order valence-corrected chi connectivity index (χ4v) is 4.27. The third-order valence-electron chi connectivity index (χ3n) is 6.65. The maximum atomic E-state index is 12.9. The van der Waals surface area contributed by atoms with Crippen molar-refractivity contribution in [2.75, 3.05) is 16.4 Å². The van der Waals surface area contributed by atoms with Crippen molar-refractivity contribution in [3.05, 3.63) is 106 Å². The average molecular weight is 523 g/mol. The molecule has 8 heteroatoms. The zero-order chi connectivity index (χ0) is 28.5. The predicted molar refractivity (Wildman–Crippen MR) is 160 cm³/mol. The lowest BCUT2D eigenvalue weighted by Crippen LogP contribution is -2.21. The monoisotopic (exact) mass is 522 g/mol. The predicted octanol–water partition coefficient (Wildman–Crippen LogP) is 5.56. The maximum absolute atomic E-state index is 12.9. The number of aryl methyl sites for hydroxylation is 1. The Hall–Kier alpha value is -4.85. The van der Waals surface area contributed by atoms with Crippen LogP contribution in [0.2, 0.25) is 0 Å². The second kappa shape index (κ2) is 10.5. The molecule has 0 spiro atoms. The molecule has 1 aromatic heterocycles. The number of hydrogen-bond acceptors (Lipinski definition) is 6. The van der Waals surface area contributed by atoms with Crippen molar-refractivity contribution in [3.8, 4) is 11.3 Å². The van der Waals surface area contributed by atoms with E-state index in [1.807, 2.05) is 25.1 Å². The molecule has 1 heterocycles. The van der Waals surface area contributed by atoms with E-state index in [9.17, 15) is 9.59 Å². The number of nitrogen functional groups attached to an aromatic ring is 1. The second-order valence-electron chi connectivity index (χ2n) is 10.6. The van der Waals surface area contributed by atoms with E-state index in [1.165, 1.54) is 16.2 Å². The molecule has 0 aliphatic rings. The number of carbonyl (C=O) groups is 1. The number of aromatic nitrogens is 2. The highest BCUT2D eigenvalue weighted by Gasteiger charge is 2.16. The van der Waals surface area contributed by atoms with Crippen LogP contribution in [0.15, 0.2) is 78.2 Å². The Bertz CT molecular complexity index is 1630. The molecule has 8 nitrogen and oxygen atoms in total. The topological polar surface area (TPSA) is 128 Å². The van der Waals surface area contributed by atoms with Gasteiger partial charge in [0, 0.05) is 41.6 Å². The normalized spacial score (nSPS) is 11.2. The molecule has 3 aromatic carbocycles. The molecule has 0 saturated carbocycles. The van der Waals surface area contributed by atoms with Gasteiger partial charge in [0.2, 0.25) is 0 Å². The standard InChI is InChI=1S/C31H34N6O2/c1-18-23(8-7-9-26(18)34-19(2)20-10-12-21(13-11-20)31(3,4)5)27-17-37(6)30(39)29(36-27)35-22-14-15-24(28(33)38)25(32)16-22/h7-17,34H,2,32H2,1,3-6H3,(H2,33,38)(H,35,36). The summed E-state index contributed by atoms with van der Waals surface area (Å²) in [4.78, 5) is 29.0. The summed E-state index contributed by atoms with van der Waals surface area (Å²) >= 11 is 0. The van der Waals surface area contributed by atoms with Gasteiger partial charge < -0.3 is 26.7 Å². The van der Waals surface area contributed by atoms with Gasteiger partial charge in [-0.25, -0.2) is 4.98 Å². The number of nitrogens with zero attached hydrogens (tertiary/aromatic N) is 2. The van der Waals surface area contributed by atoms with Crippen molar-refractivity contribution >= 4 is 34.5 Å². The Morgan fingerprint density at radius 2 is 1.74 bits per heavy atom. The molecule has 6 N–H and O–H groups in total. The summed E-state index contributed by atoms with van der Waals surface area (Å²) in [6.45, 7) is 12.8. The van der Waals surface area contributed by atoms with Crippen LogP contribution in [0.4, 0.5) is 22.9 Å². The summed E-state index contributed by atoms with van der Waals surface area (Å²) in [6.07, 6.45) is 1.70. The zero-order valence-electron chi connectivity index (χ0n) is 22.9. The molecule has 1 amide bonds. The van der Waals surface area contributed by atoms with Gasteiger partial charge in [0.15, 0.2) is 5.82 Å². The second-order valence-corrected chi connectivity index (χ2v) is 10.6. The molecule has 0 bridgehead atoms. The van der Waals surface area contributed by atoms with Crippen LogP contribution in [0, 0.1) is 6.92 Å². The summed E-state index contributed by atoms with van der Waals surface area (Å²) < 4.78 is 1.47. The van der Waals surface area contributed by atoms with E-state index in [0.29, 0.717) is 11.4 Å². The van der Waals surface area contributed by atoms with Crippen molar-refractivity contribution < 1.29 is 4.79 Å². The van der Waals surface area contributed by atoms with Crippen LogP contribution < -0.4 is 27.7 Å². The summed E-state index contributed by atoms with van der Waals surface area (Å²) in [5.74, 6) is -0.494. The molecular formula is C31H34N6O2. The van der Waals surface area contributed by atoms with Crippen LogP contribution in [0.3, 0.4) is 0 Å². The highest BCUT2D eigenvalue weighted by atomic mass is 16.1. The molecular weight excluding hydrogens is 488 g/mol. The average Bonchev–Trinajstić information content (AvgIpc) is 2.87. The maximum Gasteiger partial charge on any atom is 0.293 e. The van der Waals surface area contributed by atoms with Gasteiger partial charge >= 0.3 is 0 Å². The number of nitrogens with one attached hydrogen (secondary N) is 2. The summed E-state index contributed by atoms with van der Waals surface area (Å²) in [5.41, 5.74) is 18.4. The van der Waals surface area contributed by atoms with Crippen LogP contribution in [-0.4, -0.2) is 15.5 Å². The first-order valence-electron chi connectivity index (χ1n) is 12.6. The first-order valence-corrected chi connectivity index (χ1v) is 12.6. The Labute approximate surface area is 228 Å². The van der Waals surface area contributed by atoms with E-state index >= 15 is 0 Å². The number of carbonyl (C=O) groups excluding carboxylic acids is 1. The van der Waals surface area contributed by atoms with E-state index in [4.69, 9.17) is 11.5 Å². The molecule has 0 fully saturated rings. The largest absolute Gasteiger partial charge is 0.398 e. The molecule has 200 valence electrons. The van der Waals surface area contributed by atoms with E-state index in [1.54, 1.807) is 25.4 Å². The van der Waals surface area contributed by atoms with Gasteiger partial charge in [0.1, 0.15) is 0 Å². The molecule has 0 atom stereocenters. The molecule has 0 aliphatic heterocycles. The number of rotatable bonds is 7. The van der Waals surface area contributed by atoms with Gasteiger partial charge in [-0.15, -0.1) is 0 Å². The highest BCUT2D eigenvalue weighted by molar-refractivity contribution is 5.98. The van der Waals surface area contributed by atoms with Crippen LogP contribution in [0.5, 0.6) is 0 Å². The van der Waals surface area contributed by atoms with E-state index in [0.717, 1.165) is 28.1 Å². The Morgan fingerprint density at radius 1 is 1.05 bits per heavy atom. The summed E-state index contributed by atoms with van der Waals surface area (Å²) in [5, 5.41) is 6.46. The Kier molecular flexibility index (Phi) is 7.31. The molecule has 4 rings (SSSR count). The van der Waals surface area contributed by atoms with Crippen molar-refractivity contribution in [1.82, 2.24) is 9.55 Å². The van der Waals surface area contributed by atoms with Crippen molar-refractivity contribution in [2.45, 2.75) is 33.1 Å². The number of benzene rings is 3. The highest BCUT2D eigenvalue weighted by Crippen LogP contribution is 2.31.